The Kier molecular flexibility index (Phi) is 2.49. The Morgan fingerprint density at radius 1 is 0.789 bits per heavy atom. The van der Waals surface area contributed by atoms with Gasteiger partial charge in [-0.3, -0.25) is 0 Å². The molecule has 94 valence electrons. The molecule has 0 spiro atoms. The molecule has 3 aromatic rings. The fourth-order valence-electron chi connectivity index (χ4n) is 2.01. The summed E-state index contributed by atoms with van der Waals surface area (Å²) in [4.78, 5) is 11.1. The number of fused-ring (bicyclic) bond motifs is 1. The fraction of sp³-hybridized carbons (Fsp3) is 0. The van der Waals surface area contributed by atoms with Crippen molar-refractivity contribution < 1.29 is 14.6 Å². The summed E-state index contributed by atoms with van der Waals surface area (Å²) in [5.41, 5.74) is 1.61. The Balaban J connectivity index is 2.20. The van der Waals surface area contributed by atoms with Crippen molar-refractivity contribution >= 4 is 11.0 Å². The molecule has 0 unspecified atom stereocenters. The predicted molar refractivity (Wildman–Crippen MR) is 71.2 cm³/mol. The van der Waals surface area contributed by atoms with Gasteiger partial charge in [-0.15, -0.1) is 0 Å². The SMILES string of the molecule is O=c1ccc2cc(-c3cc(O)cc(O)c3)ccc2o1. The van der Waals surface area contributed by atoms with Crippen molar-refractivity contribution in [3.8, 4) is 22.6 Å². The molecule has 3 rings (SSSR count). The van der Waals surface area contributed by atoms with Gasteiger partial charge in [0.25, 0.3) is 0 Å². The first kappa shape index (κ1) is 11.3. The third-order valence-corrected chi connectivity index (χ3v) is 2.86. The van der Waals surface area contributed by atoms with Crippen molar-refractivity contribution in [2.75, 3.05) is 0 Å². The highest BCUT2D eigenvalue weighted by atomic mass is 16.4. The molecular formula is C15H10O4. The number of hydrogen-bond acceptors (Lipinski definition) is 4. The Labute approximate surface area is 108 Å². The number of phenols is 2. The maximum Gasteiger partial charge on any atom is 0.336 e. The molecule has 0 bridgehead atoms. The molecular weight excluding hydrogens is 244 g/mol. The zero-order valence-corrected chi connectivity index (χ0v) is 9.83. The molecule has 4 nitrogen and oxygen atoms in total. The van der Waals surface area contributed by atoms with E-state index in [1.165, 1.54) is 12.1 Å². The summed E-state index contributed by atoms with van der Waals surface area (Å²) in [7, 11) is 0. The Bertz CT molecular complexity index is 797. The smallest absolute Gasteiger partial charge is 0.336 e. The van der Waals surface area contributed by atoms with Crippen molar-refractivity contribution in [2.24, 2.45) is 0 Å². The normalized spacial score (nSPS) is 10.7. The molecule has 0 aliphatic rings. The quantitative estimate of drug-likeness (QED) is 0.655. The third kappa shape index (κ3) is 2.15. The van der Waals surface area contributed by atoms with Crippen LogP contribution in [-0.2, 0) is 0 Å². The van der Waals surface area contributed by atoms with E-state index in [-0.39, 0.29) is 11.5 Å². The lowest BCUT2D eigenvalue weighted by atomic mass is 10.0. The molecule has 0 atom stereocenters. The van der Waals surface area contributed by atoms with E-state index in [0.29, 0.717) is 11.1 Å². The molecule has 0 fully saturated rings. The molecule has 0 saturated carbocycles. The molecule has 1 heterocycles. The second kappa shape index (κ2) is 4.17. The minimum atomic E-state index is -0.393. The molecule has 0 radical (unpaired) electrons. The average molecular weight is 254 g/mol. The van der Waals surface area contributed by atoms with Gasteiger partial charge in [0, 0.05) is 17.5 Å². The van der Waals surface area contributed by atoms with Gasteiger partial charge in [-0.05, 0) is 41.5 Å². The molecule has 2 aromatic carbocycles. The molecule has 0 amide bonds. The van der Waals surface area contributed by atoms with Crippen LogP contribution in [0.3, 0.4) is 0 Å². The molecule has 0 saturated heterocycles. The molecule has 19 heavy (non-hydrogen) atoms. The standard InChI is InChI=1S/C15H10O4/c16-12-6-11(7-13(17)8-12)9-1-3-14-10(5-9)2-4-15(18)19-14/h1-8,16-17H. The predicted octanol–water partition coefficient (Wildman–Crippen LogP) is 2.87. The van der Waals surface area contributed by atoms with Crippen LogP contribution in [0, 0.1) is 0 Å². The van der Waals surface area contributed by atoms with E-state index in [1.807, 2.05) is 6.07 Å². The van der Waals surface area contributed by atoms with Crippen LogP contribution in [0.4, 0.5) is 0 Å². The second-order valence-electron chi connectivity index (χ2n) is 4.25. The van der Waals surface area contributed by atoms with Gasteiger partial charge in [-0.1, -0.05) is 6.07 Å². The molecule has 2 N–H and O–H groups in total. The summed E-state index contributed by atoms with van der Waals surface area (Å²) >= 11 is 0. The monoisotopic (exact) mass is 254 g/mol. The van der Waals surface area contributed by atoms with Gasteiger partial charge in [0.2, 0.25) is 0 Å². The molecule has 0 aliphatic heterocycles. The average Bonchev–Trinajstić information content (AvgIpc) is 2.37. The lowest BCUT2D eigenvalue weighted by Gasteiger charge is -2.05. The first-order chi connectivity index (χ1) is 9.11. The van der Waals surface area contributed by atoms with Gasteiger partial charge >= 0.3 is 5.63 Å². The Morgan fingerprint density at radius 2 is 1.53 bits per heavy atom. The number of benzene rings is 2. The molecule has 0 aliphatic carbocycles. The third-order valence-electron chi connectivity index (χ3n) is 2.86. The Hall–Kier alpha value is -2.75. The Morgan fingerprint density at radius 3 is 2.26 bits per heavy atom. The summed E-state index contributed by atoms with van der Waals surface area (Å²) in [5, 5.41) is 19.7. The number of phenolic OH excluding ortho intramolecular Hbond substituents is 2. The summed E-state index contributed by atoms with van der Waals surface area (Å²) in [6.07, 6.45) is 0. The fourth-order valence-corrected chi connectivity index (χ4v) is 2.01. The van der Waals surface area contributed by atoms with E-state index < -0.39 is 5.63 Å². The van der Waals surface area contributed by atoms with Crippen LogP contribution in [0.1, 0.15) is 0 Å². The zero-order chi connectivity index (χ0) is 13.4. The molecule has 4 heteroatoms. The summed E-state index contributed by atoms with van der Waals surface area (Å²) in [6, 6.07) is 12.7. The van der Waals surface area contributed by atoms with Crippen LogP contribution in [-0.4, -0.2) is 10.2 Å². The van der Waals surface area contributed by atoms with Crippen molar-refractivity contribution in [3.05, 3.63) is 59.0 Å². The van der Waals surface area contributed by atoms with E-state index in [0.717, 1.165) is 10.9 Å². The largest absolute Gasteiger partial charge is 0.508 e. The van der Waals surface area contributed by atoms with E-state index in [1.54, 1.807) is 30.3 Å². The van der Waals surface area contributed by atoms with Crippen LogP contribution < -0.4 is 5.63 Å². The maximum absolute atomic E-state index is 11.1. The highest BCUT2D eigenvalue weighted by molar-refractivity contribution is 5.83. The lowest BCUT2D eigenvalue weighted by molar-refractivity contribution is 0.451. The minimum absolute atomic E-state index is 0.00492. The van der Waals surface area contributed by atoms with E-state index >= 15 is 0 Å². The number of aromatic hydroxyl groups is 2. The van der Waals surface area contributed by atoms with E-state index in [9.17, 15) is 15.0 Å². The maximum atomic E-state index is 11.1. The van der Waals surface area contributed by atoms with Gasteiger partial charge < -0.3 is 14.6 Å². The molecule has 1 aromatic heterocycles. The second-order valence-corrected chi connectivity index (χ2v) is 4.25. The van der Waals surface area contributed by atoms with Crippen molar-refractivity contribution in [1.82, 2.24) is 0 Å². The minimum Gasteiger partial charge on any atom is -0.508 e. The highest BCUT2D eigenvalue weighted by Gasteiger charge is 2.04. The highest BCUT2D eigenvalue weighted by Crippen LogP contribution is 2.30. The van der Waals surface area contributed by atoms with Gasteiger partial charge in [-0.25, -0.2) is 4.79 Å². The van der Waals surface area contributed by atoms with Gasteiger partial charge in [0.15, 0.2) is 0 Å². The van der Waals surface area contributed by atoms with Crippen LogP contribution in [0.2, 0.25) is 0 Å². The summed E-state index contributed by atoms with van der Waals surface area (Å²) in [5.74, 6) is -0.00983. The van der Waals surface area contributed by atoms with Crippen LogP contribution in [0.25, 0.3) is 22.1 Å². The van der Waals surface area contributed by atoms with Crippen molar-refractivity contribution in [1.29, 1.82) is 0 Å². The number of hydrogen-bond donors (Lipinski definition) is 2. The van der Waals surface area contributed by atoms with Gasteiger partial charge in [0.1, 0.15) is 17.1 Å². The van der Waals surface area contributed by atoms with E-state index in [4.69, 9.17) is 4.42 Å². The van der Waals surface area contributed by atoms with Gasteiger partial charge in [0.05, 0.1) is 0 Å². The first-order valence-electron chi connectivity index (χ1n) is 5.69. The first-order valence-corrected chi connectivity index (χ1v) is 5.69. The van der Waals surface area contributed by atoms with Crippen LogP contribution >= 0.6 is 0 Å². The number of rotatable bonds is 1. The van der Waals surface area contributed by atoms with Gasteiger partial charge in [-0.2, -0.15) is 0 Å². The summed E-state index contributed by atoms with van der Waals surface area (Å²) in [6.45, 7) is 0. The zero-order valence-electron chi connectivity index (χ0n) is 9.83. The van der Waals surface area contributed by atoms with E-state index in [2.05, 4.69) is 0 Å². The summed E-state index contributed by atoms with van der Waals surface area (Å²) < 4.78 is 5.05. The lowest BCUT2D eigenvalue weighted by Crippen LogP contribution is -1.94. The van der Waals surface area contributed by atoms with Crippen LogP contribution in [0.15, 0.2) is 57.7 Å². The van der Waals surface area contributed by atoms with Crippen molar-refractivity contribution in [3.63, 3.8) is 0 Å². The van der Waals surface area contributed by atoms with Crippen molar-refractivity contribution in [2.45, 2.75) is 0 Å². The van der Waals surface area contributed by atoms with Crippen LogP contribution in [0.5, 0.6) is 11.5 Å². The topological polar surface area (TPSA) is 70.7 Å².